The summed E-state index contributed by atoms with van der Waals surface area (Å²) >= 11 is 6.27. The van der Waals surface area contributed by atoms with Crippen molar-refractivity contribution in [3.05, 3.63) is 63.9 Å². The van der Waals surface area contributed by atoms with E-state index >= 15 is 0 Å². The summed E-state index contributed by atoms with van der Waals surface area (Å²) in [6.07, 6.45) is 2.19. The summed E-state index contributed by atoms with van der Waals surface area (Å²) in [7, 11) is 0. The molecule has 0 spiro atoms. The largest absolute Gasteiger partial charge is 0.362 e. The lowest BCUT2D eigenvalue weighted by Gasteiger charge is -2.34. The average molecular weight is 416 g/mol. The van der Waals surface area contributed by atoms with Gasteiger partial charge in [-0.05, 0) is 61.7 Å². The Labute approximate surface area is 177 Å². The number of anilines is 1. The molecule has 2 atom stereocenters. The highest BCUT2D eigenvalue weighted by molar-refractivity contribution is 6.32. The smallest absolute Gasteiger partial charge is 0.123 e. The number of nitriles is 1. The number of rotatable bonds is 10. The van der Waals surface area contributed by atoms with Gasteiger partial charge in [0, 0.05) is 37.3 Å². The molecule has 0 radical (unpaired) electrons. The molecule has 1 unspecified atom stereocenters. The summed E-state index contributed by atoms with van der Waals surface area (Å²) < 4.78 is 13.9. The Balaban J connectivity index is 2.44. The third-order valence-electron chi connectivity index (χ3n) is 5.18. The minimum atomic E-state index is -0.298. The topological polar surface area (TPSA) is 56.1 Å². The Kier molecular flexibility index (Phi) is 8.63. The molecule has 4 nitrogen and oxygen atoms in total. The second-order valence-corrected chi connectivity index (χ2v) is 7.66. The normalized spacial score (nSPS) is 12.8. The molecule has 2 aromatic carbocycles. The average Bonchev–Trinajstić information content (AvgIpc) is 2.71. The second-order valence-electron chi connectivity index (χ2n) is 7.25. The van der Waals surface area contributed by atoms with E-state index in [2.05, 4.69) is 30.1 Å². The number of carbonyl (C=O) groups is 1. The molecule has 1 N–H and O–H groups in total. The maximum atomic E-state index is 13.9. The zero-order valence-corrected chi connectivity index (χ0v) is 17.8. The van der Waals surface area contributed by atoms with Crippen LogP contribution >= 0.6 is 11.6 Å². The van der Waals surface area contributed by atoms with Crippen LogP contribution < -0.4 is 10.2 Å². The maximum absolute atomic E-state index is 13.9. The van der Waals surface area contributed by atoms with Crippen LogP contribution in [0.2, 0.25) is 5.02 Å². The van der Waals surface area contributed by atoms with Gasteiger partial charge in [0.2, 0.25) is 0 Å². The van der Waals surface area contributed by atoms with Crippen molar-refractivity contribution in [1.82, 2.24) is 5.32 Å². The van der Waals surface area contributed by atoms with Crippen LogP contribution in [0.3, 0.4) is 0 Å². The predicted octanol–water partition coefficient (Wildman–Crippen LogP) is 5.01. The first-order chi connectivity index (χ1) is 13.9. The van der Waals surface area contributed by atoms with E-state index in [0.717, 1.165) is 29.5 Å². The standard InChI is InChI=1S/C23H27ClFN3O/c1-4-17(3)27-14-22(9-10-29)28(15-19-11-20(25)7-5-16(19)2)21-8-6-18(13-26)23(24)12-21/h5-8,10-12,17,22,27H,4,9,14-15H2,1-3H3/t17?,22-/m0/s1. The van der Waals surface area contributed by atoms with Gasteiger partial charge in [-0.1, -0.05) is 24.6 Å². The summed E-state index contributed by atoms with van der Waals surface area (Å²) in [5.74, 6) is -0.298. The fraction of sp³-hybridized carbons (Fsp3) is 0.391. The van der Waals surface area contributed by atoms with Gasteiger partial charge in [0.15, 0.2) is 0 Å². The van der Waals surface area contributed by atoms with Crippen molar-refractivity contribution in [1.29, 1.82) is 5.26 Å². The van der Waals surface area contributed by atoms with Gasteiger partial charge in [-0.25, -0.2) is 4.39 Å². The molecule has 0 aromatic heterocycles. The molecular weight excluding hydrogens is 389 g/mol. The van der Waals surface area contributed by atoms with Gasteiger partial charge in [0.25, 0.3) is 0 Å². The van der Waals surface area contributed by atoms with Crippen molar-refractivity contribution < 1.29 is 9.18 Å². The van der Waals surface area contributed by atoms with Crippen LogP contribution in [-0.2, 0) is 11.3 Å². The predicted molar refractivity (Wildman–Crippen MR) is 116 cm³/mol. The number of benzene rings is 2. The number of halogens is 2. The lowest BCUT2D eigenvalue weighted by Crippen LogP contribution is -2.44. The number of nitrogens with zero attached hydrogens (tertiary/aromatic N) is 2. The van der Waals surface area contributed by atoms with E-state index in [0.29, 0.717) is 36.1 Å². The lowest BCUT2D eigenvalue weighted by atomic mass is 10.0. The monoisotopic (exact) mass is 415 g/mol. The first-order valence-electron chi connectivity index (χ1n) is 9.77. The van der Waals surface area contributed by atoms with Crippen LogP contribution in [0.4, 0.5) is 10.1 Å². The van der Waals surface area contributed by atoms with Crippen molar-refractivity contribution in [2.75, 3.05) is 11.4 Å². The summed E-state index contributed by atoms with van der Waals surface area (Å²) in [6.45, 7) is 7.15. The Morgan fingerprint density at radius 1 is 1.31 bits per heavy atom. The second kappa shape index (κ2) is 10.9. The van der Waals surface area contributed by atoms with E-state index in [1.165, 1.54) is 12.1 Å². The van der Waals surface area contributed by atoms with Gasteiger partial charge in [-0.15, -0.1) is 0 Å². The van der Waals surface area contributed by atoms with Crippen LogP contribution in [0.15, 0.2) is 36.4 Å². The van der Waals surface area contributed by atoms with Gasteiger partial charge in [-0.3, -0.25) is 0 Å². The third-order valence-corrected chi connectivity index (χ3v) is 5.49. The van der Waals surface area contributed by atoms with Crippen LogP contribution in [0.5, 0.6) is 0 Å². The van der Waals surface area contributed by atoms with Crippen LogP contribution in [-0.4, -0.2) is 24.9 Å². The molecule has 0 aliphatic heterocycles. The first kappa shape index (κ1) is 22.9. The number of aldehydes is 1. The van der Waals surface area contributed by atoms with Crippen molar-refractivity contribution in [2.45, 2.75) is 52.2 Å². The fourth-order valence-electron chi connectivity index (χ4n) is 3.11. The van der Waals surface area contributed by atoms with E-state index in [-0.39, 0.29) is 11.9 Å². The molecule has 0 aliphatic rings. The molecule has 2 aromatic rings. The molecule has 0 heterocycles. The SMILES string of the molecule is CCC(C)NC[C@H](CC=O)N(Cc1cc(F)ccc1C)c1ccc(C#N)c(Cl)c1. The van der Waals surface area contributed by atoms with E-state index in [4.69, 9.17) is 16.9 Å². The number of nitrogens with one attached hydrogen (secondary N) is 1. The molecule has 0 saturated heterocycles. The number of hydrogen-bond donors (Lipinski definition) is 1. The Hall–Kier alpha value is -2.42. The van der Waals surface area contributed by atoms with Crippen LogP contribution in [0, 0.1) is 24.1 Å². The molecule has 0 saturated carbocycles. The molecule has 0 amide bonds. The summed E-state index contributed by atoms with van der Waals surface area (Å²) in [4.78, 5) is 13.5. The van der Waals surface area contributed by atoms with Gasteiger partial charge in [0.05, 0.1) is 10.6 Å². The van der Waals surface area contributed by atoms with Crippen molar-refractivity contribution in [2.24, 2.45) is 0 Å². The first-order valence-corrected chi connectivity index (χ1v) is 10.2. The van der Waals surface area contributed by atoms with Gasteiger partial charge < -0.3 is 15.0 Å². The number of aryl methyl sites for hydroxylation is 1. The Morgan fingerprint density at radius 3 is 2.69 bits per heavy atom. The minimum Gasteiger partial charge on any atom is -0.362 e. The van der Waals surface area contributed by atoms with Crippen LogP contribution in [0.1, 0.15) is 43.4 Å². The van der Waals surface area contributed by atoms with E-state index < -0.39 is 0 Å². The minimum absolute atomic E-state index is 0.145. The van der Waals surface area contributed by atoms with Gasteiger partial charge in [0.1, 0.15) is 18.2 Å². The highest BCUT2D eigenvalue weighted by atomic mass is 35.5. The zero-order valence-electron chi connectivity index (χ0n) is 17.1. The fourth-order valence-corrected chi connectivity index (χ4v) is 3.33. The Morgan fingerprint density at radius 2 is 2.07 bits per heavy atom. The van der Waals surface area contributed by atoms with Crippen molar-refractivity contribution >= 4 is 23.6 Å². The molecule has 154 valence electrons. The molecule has 0 fully saturated rings. The quantitative estimate of drug-likeness (QED) is 0.554. The number of hydrogen-bond acceptors (Lipinski definition) is 4. The lowest BCUT2D eigenvalue weighted by molar-refractivity contribution is -0.108. The molecule has 29 heavy (non-hydrogen) atoms. The zero-order chi connectivity index (χ0) is 21.4. The maximum Gasteiger partial charge on any atom is 0.123 e. The molecule has 2 rings (SSSR count). The van der Waals surface area contributed by atoms with Crippen molar-refractivity contribution in [3.63, 3.8) is 0 Å². The summed E-state index contributed by atoms with van der Waals surface area (Å²) in [5, 5.41) is 13.0. The molecule has 6 heteroatoms. The van der Waals surface area contributed by atoms with E-state index in [1.807, 2.05) is 13.0 Å². The van der Waals surface area contributed by atoms with Gasteiger partial charge in [-0.2, -0.15) is 5.26 Å². The Bertz CT molecular complexity index is 881. The summed E-state index contributed by atoms with van der Waals surface area (Å²) in [5.41, 5.74) is 2.98. The van der Waals surface area contributed by atoms with Crippen LogP contribution in [0.25, 0.3) is 0 Å². The highest BCUT2D eigenvalue weighted by Crippen LogP contribution is 2.28. The van der Waals surface area contributed by atoms with E-state index in [1.54, 1.807) is 18.2 Å². The van der Waals surface area contributed by atoms with Crippen molar-refractivity contribution in [3.8, 4) is 6.07 Å². The third kappa shape index (κ3) is 6.28. The molecule has 0 aliphatic carbocycles. The number of carbonyl (C=O) groups excluding carboxylic acids is 1. The highest BCUT2D eigenvalue weighted by Gasteiger charge is 2.21. The molecular formula is C23H27ClFN3O. The summed E-state index contributed by atoms with van der Waals surface area (Å²) in [6, 6.07) is 12.2. The van der Waals surface area contributed by atoms with Gasteiger partial charge >= 0.3 is 0 Å². The van der Waals surface area contributed by atoms with E-state index in [9.17, 15) is 9.18 Å². The molecule has 0 bridgehead atoms.